The quantitative estimate of drug-likeness (QED) is 0.485. The highest BCUT2D eigenvalue weighted by Crippen LogP contribution is 2.08. The fraction of sp³-hybridized carbons (Fsp3) is 0.455. The standard InChI is InChI=1S/C11H18S/c1-4-6-10(2)9-11(3)7-5-8-12/h4,6,9,12H,3,5,7-8H2,1-2H3. The third-order valence-electron chi connectivity index (χ3n) is 1.52. The van der Waals surface area contributed by atoms with Crippen LogP contribution in [0.2, 0.25) is 0 Å². The van der Waals surface area contributed by atoms with E-state index in [2.05, 4.69) is 38.3 Å². The van der Waals surface area contributed by atoms with Gasteiger partial charge in [-0.15, -0.1) is 0 Å². The van der Waals surface area contributed by atoms with Crippen LogP contribution in [0.1, 0.15) is 26.7 Å². The summed E-state index contributed by atoms with van der Waals surface area (Å²) in [5, 5.41) is 0. The van der Waals surface area contributed by atoms with Gasteiger partial charge in [0.05, 0.1) is 0 Å². The van der Waals surface area contributed by atoms with Gasteiger partial charge in [0.15, 0.2) is 0 Å². The number of hydrogen-bond acceptors (Lipinski definition) is 1. The topological polar surface area (TPSA) is 0 Å². The van der Waals surface area contributed by atoms with Gasteiger partial charge < -0.3 is 0 Å². The normalized spacial score (nSPS) is 12.4. The first-order valence-electron chi connectivity index (χ1n) is 4.30. The van der Waals surface area contributed by atoms with Gasteiger partial charge in [0.25, 0.3) is 0 Å². The lowest BCUT2D eigenvalue weighted by Gasteiger charge is -1.98. The van der Waals surface area contributed by atoms with Crippen molar-refractivity contribution in [1.29, 1.82) is 0 Å². The molecule has 0 saturated carbocycles. The van der Waals surface area contributed by atoms with Crippen LogP contribution < -0.4 is 0 Å². The first-order chi connectivity index (χ1) is 5.70. The van der Waals surface area contributed by atoms with Crippen LogP contribution in [-0.4, -0.2) is 5.75 Å². The van der Waals surface area contributed by atoms with E-state index in [1.165, 1.54) is 11.1 Å². The van der Waals surface area contributed by atoms with Crippen LogP contribution in [-0.2, 0) is 0 Å². The van der Waals surface area contributed by atoms with Crippen molar-refractivity contribution in [3.63, 3.8) is 0 Å². The van der Waals surface area contributed by atoms with Gasteiger partial charge in [0.1, 0.15) is 0 Å². The zero-order valence-electron chi connectivity index (χ0n) is 8.01. The summed E-state index contributed by atoms with van der Waals surface area (Å²) in [7, 11) is 0. The number of thiol groups is 1. The van der Waals surface area contributed by atoms with Crippen molar-refractivity contribution in [1.82, 2.24) is 0 Å². The molecule has 1 heteroatoms. The first-order valence-corrected chi connectivity index (χ1v) is 4.93. The highest BCUT2D eigenvalue weighted by molar-refractivity contribution is 7.80. The maximum absolute atomic E-state index is 4.15. The van der Waals surface area contributed by atoms with E-state index in [-0.39, 0.29) is 0 Å². The van der Waals surface area contributed by atoms with Gasteiger partial charge in [0.2, 0.25) is 0 Å². The molecule has 0 radical (unpaired) electrons. The summed E-state index contributed by atoms with van der Waals surface area (Å²) < 4.78 is 0. The predicted molar refractivity (Wildman–Crippen MR) is 60.8 cm³/mol. The molecule has 0 atom stereocenters. The predicted octanol–water partition coefficient (Wildman–Crippen LogP) is 3.78. The summed E-state index contributed by atoms with van der Waals surface area (Å²) in [4.78, 5) is 0. The highest BCUT2D eigenvalue weighted by atomic mass is 32.1. The van der Waals surface area contributed by atoms with Crippen LogP contribution >= 0.6 is 12.6 Å². The van der Waals surface area contributed by atoms with E-state index < -0.39 is 0 Å². The molecule has 0 aromatic carbocycles. The Balaban J connectivity index is 3.88. The van der Waals surface area contributed by atoms with Gasteiger partial charge in [0, 0.05) is 0 Å². The molecule has 0 aromatic rings. The van der Waals surface area contributed by atoms with Crippen molar-refractivity contribution >= 4 is 12.6 Å². The number of rotatable bonds is 5. The minimum atomic E-state index is 0.940. The smallest absolute Gasteiger partial charge is 0.00948 e. The second-order valence-corrected chi connectivity index (χ2v) is 3.32. The molecule has 0 aromatic heterocycles. The Morgan fingerprint density at radius 2 is 2.17 bits per heavy atom. The Kier molecular flexibility index (Phi) is 6.97. The van der Waals surface area contributed by atoms with Gasteiger partial charge in [-0.3, -0.25) is 0 Å². The van der Waals surface area contributed by atoms with Crippen molar-refractivity contribution in [3.8, 4) is 0 Å². The van der Waals surface area contributed by atoms with E-state index in [0.29, 0.717) is 0 Å². The highest BCUT2D eigenvalue weighted by Gasteiger charge is 1.89. The largest absolute Gasteiger partial charge is 0.179 e. The third kappa shape index (κ3) is 6.29. The SMILES string of the molecule is C=C(C=C(C)C=CC)CCCS. The van der Waals surface area contributed by atoms with E-state index in [1.807, 2.05) is 13.0 Å². The number of allylic oxidation sites excluding steroid dienone is 5. The van der Waals surface area contributed by atoms with Crippen LogP contribution in [0.4, 0.5) is 0 Å². The van der Waals surface area contributed by atoms with E-state index in [4.69, 9.17) is 0 Å². The molecular formula is C11H18S. The monoisotopic (exact) mass is 182 g/mol. The summed E-state index contributed by atoms with van der Waals surface area (Å²) in [5.41, 5.74) is 2.46. The van der Waals surface area contributed by atoms with Gasteiger partial charge >= 0.3 is 0 Å². The van der Waals surface area contributed by atoms with E-state index in [0.717, 1.165) is 18.6 Å². The van der Waals surface area contributed by atoms with Gasteiger partial charge in [-0.05, 0) is 32.4 Å². The first kappa shape index (κ1) is 11.6. The van der Waals surface area contributed by atoms with Crippen molar-refractivity contribution in [2.24, 2.45) is 0 Å². The molecule has 0 fully saturated rings. The molecule has 0 unspecified atom stereocenters. The van der Waals surface area contributed by atoms with Crippen molar-refractivity contribution in [2.45, 2.75) is 26.7 Å². The molecule has 0 saturated heterocycles. The average Bonchev–Trinajstić information content (AvgIpc) is 2.01. The molecule has 12 heavy (non-hydrogen) atoms. The average molecular weight is 182 g/mol. The Hall–Kier alpha value is -0.430. The molecule has 0 bridgehead atoms. The van der Waals surface area contributed by atoms with Crippen molar-refractivity contribution in [2.75, 3.05) is 5.75 Å². The van der Waals surface area contributed by atoms with Crippen LogP contribution in [0.5, 0.6) is 0 Å². The minimum Gasteiger partial charge on any atom is -0.179 e. The fourth-order valence-corrected chi connectivity index (χ4v) is 1.17. The second kappa shape index (κ2) is 7.23. The Labute approximate surface area is 81.5 Å². The van der Waals surface area contributed by atoms with Crippen molar-refractivity contribution < 1.29 is 0 Å². The molecule has 0 rings (SSSR count). The molecule has 0 aliphatic rings. The molecule has 0 amide bonds. The van der Waals surface area contributed by atoms with Crippen LogP contribution in [0.3, 0.4) is 0 Å². The Morgan fingerprint density at radius 1 is 1.50 bits per heavy atom. The molecule has 0 heterocycles. The van der Waals surface area contributed by atoms with E-state index in [1.54, 1.807) is 0 Å². The third-order valence-corrected chi connectivity index (χ3v) is 1.83. The molecular weight excluding hydrogens is 164 g/mol. The maximum atomic E-state index is 4.15. The lowest BCUT2D eigenvalue weighted by molar-refractivity contribution is 0.943. The minimum absolute atomic E-state index is 0.940. The molecule has 0 N–H and O–H groups in total. The van der Waals surface area contributed by atoms with Gasteiger partial charge in [-0.1, -0.05) is 36.0 Å². The molecule has 0 aliphatic carbocycles. The second-order valence-electron chi connectivity index (χ2n) is 2.87. The van der Waals surface area contributed by atoms with E-state index >= 15 is 0 Å². The van der Waals surface area contributed by atoms with Gasteiger partial charge in [-0.25, -0.2) is 0 Å². The zero-order chi connectivity index (χ0) is 9.40. The summed E-state index contributed by atoms with van der Waals surface area (Å²) in [5.74, 6) is 0.940. The van der Waals surface area contributed by atoms with Gasteiger partial charge in [-0.2, -0.15) is 12.6 Å². The Morgan fingerprint density at radius 3 is 2.67 bits per heavy atom. The van der Waals surface area contributed by atoms with Crippen molar-refractivity contribution in [3.05, 3.63) is 36.0 Å². The molecule has 68 valence electrons. The fourth-order valence-electron chi connectivity index (χ4n) is 1.01. The lowest BCUT2D eigenvalue weighted by atomic mass is 10.1. The molecule has 0 nitrogen and oxygen atoms in total. The van der Waals surface area contributed by atoms with E-state index in [9.17, 15) is 0 Å². The zero-order valence-corrected chi connectivity index (χ0v) is 8.90. The lowest BCUT2D eigenvalue weighted by Crippen LogP contribution is -1.80. The summed E-state index contributed by atoms with van der Waals surface area (Å²) in [6, 6.07) is 0. The maximum Gasteiger partial charge on any atom is -0.00948 e. The summed E-state index contributed by atoms with van der Waals surface area (Å²) in [6.45, 7) is 8.08. The number of hydrogen-bond donors (Lipinski definition) is 1. The summed E-state index contributed by atoms with van der Waals surface area (Å²) >= 11 is 4.15. The van der Waals surface area contributed by atoms with Crippen LogP contribution in [0.15, 0.2) is 36.0 Å². The summed E-state index contributed by atoms with van der Waals surface area (Å²) in [6.07, 6.45) is 8.42. The molecule has 0 aliphatic heterocycles. The molecule has 0 spiro atoms. The Bertz CT molecular complexity index is 187. The van der Waals surface area contributed by atoms with Crippen LogP contribution in [0.25, 0.3) is 0 Å². The van der Waals surface area contributed by atoms with Crippen LogP contribution in [0, 0.1) is 0 Å².